The molecule has 3 aromatic rings. The largest absolute Gasteiger partial charge is 0.352 e. The number of likely N-dealkylation sites (N-methyl/N-ethyl adjacent to an activating group) is 1. The molecule has 0 aliphatic carbocycles. The Morgan fingerprint density at radius 2 is 1.80 bits per heavy atom. The van der Waals surface area contributed by atoms with E-state index in [0.717, 1.165) is 22.4 Å². The number of benzene rings is 2. The van der Waals surface area contributed by atoms with E-state index in [9.17, 15) is 9.59 Å². The third-order valence-corrected chi connectivity index (χ3v) is 4.78. The van der Waals surface area contributed by atoms with E-state index >= 15 is 0 Å². The monoisotopic (exact) mass is 404 g/mol. The van der Waals surface area contributed by atoms with E-state index in [1.165, 1.54) is 4.90 Å². The van der Waals surface area contributed by atoms with Crippen molar-refractivity contribution in [2.75, 3.05) is 13.6 Å². The molecule has 0 aliphatic rings. The number of nitrogens with zero attached hydrogens (tertiary/aromatic N) is 3. The second-order valence-electron chi connectivity index (χ2n) is 7.87. The third-order valence-electron chi connectivity index (χ3n) is 4.78. The molecular weight excluding hydrogens is 376 g/mol. The fourth-order valence-corrected chi connectivity index (χ4v) is 3.38. The molecule has 30 heavy (non-hydrogen) atoms. The molecule has 1 N–H and O–H groups in total. The van der Waals surface area contributed by atoms with Crippen molar-refractivity contribution in [3.05, 3.63) is 71.4 Å². The lowest BCUT2D eigenvalue weighted by molar-refractivity contribution is -0.122. The standard InChI is InChI=1S/C24H28N4O2/c1-16(2)25-22(29)15-27(5)24(30)21-14-28(19-9-7-6-8-10-19)26-23(21)20-12-11-17(3)13-18(20)4/h6-14,16H,15H2,1-5H3,(H,25,29). The fourth-order valence-electron chi connectivity index (χ4n) is 3.38. The zero-order valence-electron chi connectivity index (χ0n) is 18.1. The Morgan fingerprint density at radius 3 is 2.43 bits per heavy atom. The average Bonchev–Trinajstić information content (AvgIpc) is 3.12. The van der Waals surface area contributed by atoms with Crippen molar-refractivity contribution in [3.8, 4) is 16.9 Å². The first-order valence-electron chi connectivity index (χ1n) is 10.0. The second-order valence-corrected chi connectivity index (χ2v) is 7.87. The summed E-state index contributed by atoms with van der Waals surface area (Å²) in [6.45, 7) is 7.81. The van der Waals surface area contributed by atoms with Crippen molar-refractivity contribution in [2.24, 2.45) is 0 Å². The van der Waals surface area contributed by atoms with Crippen LogP contribution in [0, 0.1) is 13.8 Å². The van der Waals surface area contributed by atoms with E-state index in [1.54, 1.807) is 17.9 Å². The SMILES string of the molecule is Cc1ccc(-c2nn(-c3ccccc3)cc2C(=O)N(C)CC(=O)NC(C)C)c(C)c1. The molecule has 0 saturated heterocycles. The number of carbonyl (C=O) groups is 2. The van der Waals surface area contributed by atoms with E-state index in [0.29, 0.717) is 11.3 Å². The van der Waals surface area contributed by atoms with Gasteiger partial charge in [0, 0.05) is 24.8 Å². The van der Waals surface area contributed by atoms with Crippen molar-refractivity contribution in [2.45, 2.75) is 33.7 Å². The number of carbonyl (C=O) groups excluding carboxylic acids is 2. The normalized spacial score (nSPS) is 10.9. The summed E-state index contributed by atoms with van der Waals surface area (Å²) in [5.41, 5.74) is 5.03. The molecule has 0 saturated carbocycles. The fraction of sp³-hybridized carbons (Fsp3) is 0.292. The van der Waals surface area contributed by atoms with Gasteiger partial charge in [0.2, 0.25) is 5.91 Å². The number of aromatic nitrogens is 2. The van der Waals surface area contributed by atoms with Gasteiger partial charge in [-0.1, -0.05) is 42.0 Å². The quantitative estimate of drug-likeness (QED) is 0.680. The van der Waals surface area contributed by atoms with Crippen LogP contribution in [0.1, 0.15) is 35.3 Å². The van der Waals surface area contributed by atoms with E-state index in [1.807, 2.05) is 70.2 Å². The molecule has 0 aliphatic heterocycles. The van der Waals surface area contributed by atoms with Gasteiger partial charge in [-0.25, -0.2) is 4.68 Å². The molecule has 2 aromatic carbocycles. The van der Waals surface area contributed by atoms with Crippen LogP contribution in [0.2, 0.25) is 0 Å². The van der Waals surface area contributed by atoms with E-state index in [2.05, 4.69) is 11.4 Å². The van der Waals surface area contributed by atoms with Crippen LogP contribution in [0.25, 0.3) is 16.9 Å². The summed E-state index contributed by atoms with van der Waals surface area (Å²) < 4.78 is 1.71. The molecule has 0 fully saturated rings. The first-order chi connectivity index (χ1) is 14.3. The lowest BCUT2D eigenvalue weighted by Gasteiger charge is -2.18. The van der Waals surface area contributed by atoms with Crippen molar-refractivity contribution >= 4 is 11.8 Å². The summed E-state index contributed by atoms with van der Waals surface area (Å²) in [5.74, 6) is -0.435. The smallest absolute Gasteiger partial charge is 0.257 e. The van der Waals surface area contributed by atoms with Crippen molar-refractivity contribution < 1.29 is 9.59 Å². The number of hydrogen-bond donors (Lipinski definition) is 1. The molecular formula is C24H28N4O2. The maximum atomic E-state index is 13.3. The molecule has 156 valence electrons. The molecule has 0 unspecified atom stereocenters. The Labute approximate surface area is 177 Å². The first-order valence-corrected chi connectivity index (χ1v) is 10.0. The third kappa shape index (κ3) is 4.76. The highest BCUT2D eigenvalue weighted by Gasteiger charge is 2.24. The zero-order valence-corrected chi connectivity index (χ0v) is 18.1. The van der Waals surface area contributed by atoms with Gasteiger partial charge in [-0.15, -0.1) is 0 Å². The minimum atomic E-state index is -0.244. The highest BCUT2D eigenvalue weighted by Crippen LogP contribution is 2.28. The maximum absolute atomic E-state index is 13.3. The number of nitrogens with one attached hydrogen (secondary N) is 1. The predicted molar refractivity (Wildman–Crippen MR) is 119 cm³/mol. The minimum absolute atomic E-state index is 0.0140. The lowest BCUT2D eigenvalue weighted by atomic mass is 10.0. The van der Waals surface area contributed by atoms with Crippen LogP contribution in [0.4, 0.5) is 0 Å². The van der Waals surface area contributed by atoms with Gasteiger partial charge >= 0.3 is 0 Å². The van der Waals surface area contributed by atoms with Crippen LogP contribution in [-0.4, -0.2) is 46.1 Å². The number of hydrogen-bond acceptors (Lipinski definition) is 3. The molecule has 2 amide bonds. The van der Waals surface area contributed by atoms with Crippen molar-refractivity contribution in [1.29, 1.82) is 0 Å². The Bertz CT molecular complexity index is 1050. The van der Waals surface area contributed by atoms with E-state index in [-0.39, 0.29) is 24.4 Å². The van der Waals surface area contributed by atoms with Gasteiger partial charge in [0.05, 0.1) is 17.8 Å². The molecule has 6 nitrogen and oxygen atoms in total. The Kier molecular flexibility index (Phi) is 6.35. The van der Waals surface area contributed by atoms with Gasteiger partial charge in [0.25, 0.3) is 5.91 Å². The van der Waals surface area contributed by atoms with Crippen LogP contribution < -0.4 is 5.32 Å². The molecule has 0 bridgehead atoms. The van der Waals surface area contributed by atoms with Crippen LogP contribution in [0.15, 0.2) is 54.7 Å². The molecule has 0 radical (unpaired) electrons. The number of rotatable bonds is 6. The average molecular weight is 405 g/mol. The van der Waals surface area contributed by atoms with Gasteiger partial charge in [-0.2, -0.15) is 5.10 Å². The number of amides is 2. The summed E-state index contributed by atoms with van der Waals surface area (Å²) in [6, 6.07) is 15.8. The molecule has 0 atom stereocenters. The van der Waals surface area contributed by atoms with E-state index < -0.39 is 0 Å². The summed E-state index contributed by atoms with van der Waals surface area (Å²) in [6.07, 6.45) is 1.74. The topological polar surface area (TPSA) is 67.2 Å². The van der Waals surface area contributed by atoms with Crippen LogP contribution in [-0.2, 0) is 4.79 Å². The number of para-hydroxylation sites is 1. The van der Waals surface area contributed by atoms with Crippen LogP contribution in [0.5, 0.6) is 0 Å². The first kappa shape index (κ1) is 21.3. The summed E-state index contributed by atoms with van der Waals surface area (Å²) in [7, 11) is 1.63. The Morgan fingerprint density at radius 1 is 1.10 bits per heavy atom. The van der Waals surface area contributed by atoms with Crippen LogP contribution in [0.3, 0.4) is 0 Å². The van der Waals surface area contributed by atoms with Crippen molar-refractivity contribution in [3.63, 3.8) is 0 Å². The lowest BCUT2D eigenvalue weighted by Crippen LogP contribution is -2.40. The maximum Gasteiger partial charge on any atom is 0.257 e. The predicted octanol–water partition coefficient (Wildman–Crippen LogP) is 3.75. The van der Waals surface area contributed by atoms with E-state index in [4.69, 9.17) is 5.10 Å². The Hall–Kier alpha value is -3.41. The summed E-state index contributed by atoms with van der Waals surface area (Å²) in [4.78, 5) is 26.9. The molecule has 6 heteroatoms. The highest BCUT2D eigenvalue weighted by molar-refractivity contribution is 6.01. The van der Waals surface area contributed by atoms with Gasteiger partial charge in [0.1, 0.15) is 5.69 Å². The molecule has 1 aromatic heterocycles. The highest BCUT2D eigenvalue weighted by atomic mass is 16.2. The van der Waals surface area contributed by atoms with Gasteiger partial charge in [-0.3, -0.25) is 9.59 Å². The Balaban J connectivity index is 2.02. The zero-order chi connectivity index (χ0) is 21.8. The minimum Gasteiger partial charge on any atom is -0.352 e. The summed E-state index contributed by atoms with van der Waals surface area (Å²) in [5, 5.41) is 7.56. The molecule has 3 rings (SSSR count). The summed E-state index contributed by atoms with van der Waals surface area (Å²) >= 11 is 0. The number of aryl methyl sites for hydroxylation is 2. The van der Waals surface area contributed by atoms with Gasteiger partial charge in [-0.05, 0) is 45.4 Å². The van der Waals surface area contributed by atoms with Crippen LogP contribution >= 0.6 is 0 Å². The second kappa shape index (κ2) is 8.95. The van der Waals surface area contributed by atoms with Gasteiger partial charge < -0.3 is 10.2 Å². The van der Waals surface area contributed by atoms with Gasteiger partial charge in [0.15, 0.2) is 0 Å². The molecule has 1 heterocycles. The van der Waals surface area contributed by atoms with Crippen molar-refractivity contribution in [1.82, 2.24) is 20.0 Å². The molecule has 0 spiro atoms.